The van der Waals surface area contributed by atoms with Gasteiger partial charge in [0.1, 0.15) is 23.8 Å². The molecule has 10 heteroatoms. The molecule has 0 saturated carbocycles. The maximum Gasteiger partial charge on any atom is 0.258 e. The van der Waals surface area contributed by atoms with Crippen LogP contribution in [0.3, 0.4) is 0 Å². The van der Waals surface area contributed by atoms with Crippen LogP contribution in [0.1, 0.15) is 15.9 Å². The number of nitrogen functional groups attached to an aromatic ring is 1. The van der Waals surface area contributed by atoms with E-state index in [1.165, 1.54) is 35.9 Å². The molecule has 2 aromatic carbocycles. The number of pyridine rings is 1. The number of carbonyl (C=O) groups is 1. The normalized spacial score (nSPS) is 11.1. The van der Waals surface area contributed by atoms with Crippen LogP contribution < -0.4 is 16.4 Å². The number of nitrogens with zero attached hydrogens (tertiary/aromatic N) is 3. The molecule has 164 valence electrons. The van der Waals surface area contributed by atoms with Gasteiger partial charge in [0.2, 0.25) is 0 Å². The Morgan fingerprint density at radius 3 is 2.82 bits per heavy atom. The third-order valence-electron chi connectivity index (χ3n) is 5.20. The number of hydrogen-bond acceptors (Lipinski definition) is 7. The molecule has 0 atom stereocenters. The third kappa shape index (κ3) is 3.81. The molecule has 3 aromatic heterocycles. The highest BCUT2D eigenvalue weighted by Gasteiger charge is 2.18. The van der Waals surface area contributed by atoms with Crippen LogP contribution in [-0.4, -0.2) is 20.9 Å². The summed E-state index contributed by atoms with van der Waals surface area (Å²) in [4.78, 5) is 25.7. The minimum atomic E-state index is -0.454. The molecule has 5 aromatic rings. The van der Waals surface area contributed by atoms with E-state index in [2.05, 4.69) is 25.6 Å². The minimum absolute atomic E-state index is 0.204. The van der Waals surface area contributed by atoms with Crippen LogP contribution in [0.2, 0.25) is 5.02 Å². The third-order valence-corrected chi connectivity index (χ3v) is 6.43. The van der Waals surface area contributed by atoms with Crippen LogP contribution in [0.5, 0.6) is 0 Å². The van der Waals surface area contributed by atoms with E-state index < -0.39 is 5.82 Å². The fourth-order valence-corrected chi connectivity index (χ4v) is 4.64. The second-order valence-corrected chi connectivity index (χ2v) is 8.62. The molecule has 5 rings (SSSR count). The Balaban J connectivity index is 1.55. The zero-order chi connectivity index (χ0) is 23.1. The van der Waals surface area contributed by atoms with E-state index in [1.807, 2.05) is 19.1 Å². The standard InChI is InChI=1S/C23H16ClFN6OS/c1-11-2-4-14-13(6-7-27-22(14)30-17-8-12(24)3-5-16(17)25)18(11)31-23(32)15-9-33-20-19(15)28-10-29-21(20)26/h2-10H,1H3,(H,27,30)(H,31,32)(H2,26,28,29). The van der Waals surface area contributed by atoms with Gasteiger partial charge in [-0.1, -0.05) is 23.7 Å². The van der Waals surface area contributed by atoms with Crippen LogP contribution in [-0.2, 0) is 0 Å². The molecule has 0 aliphatic carbocycles. The highest BCUT2D eigenvalue weighted by molar-refractivity contribution is 7.18. The summed E-state index contributed by atoms with van der Waals surface area (Å²) < 4.78 is 14.9. The van der Waals surface area contributed by atoms with Gasteiger partial charge in [-0.3, -0.25) is 4.79 Å². The number of nitrogens with one attached hydrogen (secondary N) is 2. The average Bonchev–Trinajstić information content (AvgIpc) is 3.24. The van der Waals surface area contributed by atoms with Crippen molar-refractivity contribution in [1.29, 1.82) is 0 Å². The summed E-state index contributed by atoms with van der Waals surface area (Å²) >= 11 is 7.33. The first kappa shape index (κ1) is 21.0. The van der Waals surface area contributed by atoms with Crippen molar-refractivity contribution in [1.82, 2.24) is 15.0 Å². The van der Waals surface area contributed by atoms with Crippen LogP contribution in [0.15, 0.2) is 54.3 Å². The van der Waals surface area contributed by atoms with E-state index in [-0.39, 0.29) is 11.6 Å². The van der Waals surface area contributed by atoms with Gasteiger partial charge >= 0.3 is 0 Å². The number of thiophene rings is 1. The monoisotopic (exact) mass is 478 g/mol. The molecule has 0 aliphatic rings. The molecule has 0 spiro atoms. The van der Waals surface area contributed by atoms with E-state index in [9.17, 15) is 9.18 Å². The number of aryl methyl sites for hydroxylation is 1. The van der Waals surface area contributed by atoms with Gasteiger partial charge in [-0.15, -0.1) is 11.3 Å². The average molecular weight is 479 g/mol. The predicted octanol–water partition coefficient (Wildman–Crippen LogP) is 5.92. The van der Waals surface area contributed by atoms with Gasteiger partial charge in [-0.25, -0.2) is 19.3 Å². The number of hydrogen-bond donors (Lipinski definition) is 3. The fourth-order valence-electron chi connectivity index (χ4n) is 3.56. The van der Waals surface area contributed by atoms with Crippen molar-refractivity contribution in [2.45, 2.75) is 6.92 Å². The number of carbonyl (C=O) groups excluding carboxylic acids is 1. The number of fused-ring (bicyclic) bond motifs is 2. The lowest BCUT2D eigenvalue weighted by molar-refractivity contribution is 0.102. The van der Waals surface area contributed by atoms with E-state index in [4.69, 9.17) is 17.3 Å². The van der Waals surface area contributed by atoms with Gasteiger partial charge in [0.05, 0.1) is 27.2 Å². The number of aromatic nitrogens is 3. The molecule has 0 saturated heterocycles. The highest BCUT2D eigenvalue weighted by Crippen LogP contribution is 2.34. The summed E-state index contributed by atoms with van der Waals surface area (Å²) in [6.07, 6.45) is 2.93. The molecule has 3 heterocycles. The molecular formula is C23H16ClFN6OS. The Labute approximate surface area is 196 Å². The van der Waals surface area contributed by atoms with Crippen LogP contribution in [0, 0.1) is 12.7 Å². The molecule has 7 nitrogen and oxygen atoms in total. The van der Waals surface area contributed by atoms with Gasteiger partial charge in [-0.2, -0.15) is 0 Å². The summed E-state index contributed by atoms with van der Waals surface area (Å²) in [5, 5.41) is 9.56. The Kier molecular flexibility index (Phi) is 5.27. The quantitative estimate of drug-likeness (QED) is 0.296. The smallest absolute Gasteiger partial charge is 0.258 e. The molecular weight excluding hydrogens is 463 g/mol. The van der Waals surface area contributed by atoms with Crippen LogP contribution >= 0.6 is 22.9 Å². The molecule has 0 bridgehead atoms. The molecule has 4 N–H and O–H groups in total. The van der Waals surface area contributed by atoms with Crippen LogP contribution in [0.4, 0.5) is 27.4 Å². The van der Waals surface area contributed by atoms with Crippen molar-refractivity contribution in [3.05, 3.63) is 76.3 Å². The first-order chi connectivity index (χ1) is 15.9. The summed E-state index contributed by atoms with van der Waals surface area (Å²) in [5.74, 6) is -0.00214. The first-order valence-electron chi connectivity index (χ1n) is 9.82. The molecule has 0 fully saturated rings. The molecule has 33 heavy (non-hydrogen) atoms. The Bertz CT molecular complexity index is 1550. The molecule has 1 amide bonds. The van der Waals surface area contributed by atoms with E-state index in [0.717, 1.165) is 10.9 Å². The molecule has 0 radical (unpaired) electrons. The topological polar surface area (TPSA) is 106 Å². The SMILES string of the molecule is Cc1ccc2c(Nc3cc(Cl)ccc3F)nccc2c1NC(=O)c1csc2c(N)ncnc12. The maximum atomic E-state index is 14.3. The van der Waals surface area contributed by atoms with Crippen molar-refractivity contribution >= 4 is 72.8 Å². The Morgan fingerprint density at radius 2 is 1.97 bits per heavy atom. The number of benzene rings is 2. The van der Waals surface area contributed by atoms with E-state index in [0.29, 0.717) is 43.5 Å². The van der Waals surface area contributed by atoms with Crippen LogP contribution in [0.25, 0.3) is 21.0 Å². The van der Waals surface area contributed by atoms with Crippen molar-refractivity contribution in [3.8, 4) is 0 Å². The summed E-state index contributed by atoms with van der Waals surface area (Å²) in [7, 11) is 0. The Hall–Kier alpha value is -3.82. The zero-order valence-electron chi connectivity index (χ0n) is 17.2. The second kappa shape index (κ2) is 8.27. The summed E-state index contributed by atoms with van der Waals surface area (Å²) in [6.45, 7) is 1.89. The fraction of sp³-hybridized carbons (Fsp3) is 0.0435. The van der Waals surface area contributed by atoms with Gasteiger partial charge in [0, 0.05) is 27.4 Å². The number of anilines is 4. The van der Waals surface area contributed by atoms with Gasteiger partial charge in [-0.05, 0) is 36.8 Å². The minimum Gasteiger partial charge on any atom is -0.382 e. The summed E-state index contributed by atoms with van der Waals surface area (Å²) in [6, 6.07) is 9.78. The van der Waals surface area contributed by atoms with E-state index in [1.54, 1.807) is 17.6 Å². The first-order valence-corrected chi connectivity index (χ1v) is 11.1. The largest absolute Gasteiger partial charge is 0.382 e. The van der Waals surface area contributed by atoms with Gasteiger partial charge in [0.15, 0.2) is 0 Å². The number of nitrogens with two attached hydrogens (primary N) is 1. The van der Waals surface area contributed by atoms with Crippen molar-refractivity contribution < 1.29 is 9.18 Å². The maximum absolute atomic E-state index is 14.3. The number of rotatable bonds is 4. The summed E-state index contributed by atoms with van der Waals surface area (Å²) in [5.41, 5.74) is 8.50. The van der Waals surface area contributed by atoms with Crippen molar-refractivity contribution in [2.75, 3.05) is 16.4 Å². The number of amides is 1. The highest BCUT2D eigenvalue weighted by atomic mass is 35.5. The van der Waals surface area contributed by atoms with Crippen molar-refractivity contribution in [3.63, 3.8) is 0 Å². The lowest BCUT2D eigenvalue weighted by Crippen LogP contribution is -2.13. The van der Waals surface area contributed by atoms with Crippen molar-refractivity contribution in [2.24, 2.45) is 0 Å². The number of halogens is 2. The Morgan fingerprint density at radius 1 is 1.12 bits per heavy atom. The lowest BCUT2D eigenvalue weighted by atomic mass is 10.0. The molecule has 0 aliphatic heterocycles. The molecule has 0 unspecified atom stereocenters. The predicted molar refractivity (Wildman–Crippen MR) is 131 cm³/mol. The van der Waals surface area contributed by atoms with Gasteiger partial charge in [0.25, 0.3) is 5.91 Å². The second-order valence-electron chi connectivity index (χ2n) is 7.30. The van der Waals surface area contributed by atoms with Gasteiger partial charge < -0.3 is 16.4 Å². The lowest BCUT2D eigenvalue weighted by Gasteiger charge is -2.15. The zero-order valence-corrected chi connectivity index (χ0v) is 18.8. The van der Waals surface area contributed by atoms with E-state index >= 15 is 0 Å².